The molecule has 1 atom stereocenters. The van der Waals surface area contributed by atoms with Gasteiger partial charge in [0.2, 0.25) is 0 Å². The predicted molar refractivity (Wildman–Crippen MR) is 105 cm³/mol. The second-order valence-corrected chi connectivity index (χ2v) is 7.17. The molecule has 1 saturated heterocycles. The van der Waals surface area contributed by atoms with Gasteiger partial charge in [0, 0.05) is 30.2 Å². The van der Waals surface area contributed by atoms with E-state index >= 15 is 0 Å². The van der Waals surface area contributed by atoms with E-state index in [0.29, 0.717) is 6.54 Å². The Hall–Kier alpha value is -2.44. The van der Waals surface area contributed by atoms with Gasteiger partial charge >= 0.3 is 0 Å². The lowest BCUT2D eigenvalue weighted by molar-refractivity contribution is -0.385. The first-order chi connectivity index (χ1) is 13.0. The number of nitro benzene ring substituents is 1. The van der Waals surface area contributed by atoms with Gasteiger partial charge < -0.3 is 5.32 Å². The minimum atomic E-state index is -0.580. The third kappa shape index (κ3) is 5.05. The number of carbonyl (C=O) groups is 1. The van der Waals surface area contributed by atoms with Crippen molar-refractivity contribution in [3.8, 4) is 0 Å². The molecule has 0 bridgehead atoms. The van der Waals surface area contributed by atoms with Gasteiger partial charge in [-0.05, 0) is 37.1 Å². The van der Waals surface area contributed by atoms with Crippen LogP contribution in [-0.4, -0.2) is 34.9 Å². The van der Waals surface area contributed by atoms with Crippen molar-refractivity contribution in [2.75, 3.05) is 13.1 Å². The summed E-state index contributed by atoms with van der Waals surface area (Å²) in [6.45, 7) is 2.28. The Balaban J connectivity index is 1.65. The van der Waals surface area contributed by atoms with Crippen molar-refractivity contribution in [3.05, 3.63) is 74.8 Å². The Morgan fingerprint density at radius 3 is 2.74 bits per heavy atom. The minimum absolute atomic E-state index is 0.0369. The van der Waals surface area contributed by atoms with Crippen LogP contribution in [0.25, 0.3) is 0 Å². The monoisotopic (exact) mass is 387 g/mol. The van der Waals surface area contributed by atoms with Crippen molar-refractivity contribution in [1.29, 1.82) is 0 Å². The van der Waals surface area contributed by atoms with Crippen LogP contribution < -0.4 is 5.32 Å². The summed E-state index contributed by atoms with van der Waals surface area (Å²) in [7, 11) is 0. The van der Waals surface area contributed by atoms with E-state index in [-0.39, 0.29) is 22.3 Å². The van der Waals surface area contributed by atoms with Crippen LogP contribution >= 0.6 is 11.6 Å². The average Bonchev–Trinajstić information content (AvgIpc) is 2.67. The fourth-order valence-electron chi connectivity index (χ4n) is 3.47. The molecule has 6 nitrogen and oxygen atoms in total. The molecule has 0 spiro atoms. The molecule has 2 aromatic rings. The lowest BCUT2D eigenvalue weighted by Crippen LogP contribution is -2.46. The van der Waals surface area contributed by atoms with Gasteiger partial charge in [-0.1, -0.05) is 48.4 Å². The van der Waals surface area contributed by atoms with Gasteiger partial charge in [0.15, 0.2) is 0 Å². The molecule has 1 aliphatic heterocycles. The Kier molecular flexibility index (Phi) is 6.42. The van der Waals surface area contributed by atoms with Gasteiger partial charge in [-0.15, -0.1) is 0 Å². The highest BCUT2D eigenvalue weighted by atomic mass is 35.5. The second kappa shape index (κ2) is 8.97. The number of nitrogens with zero attached hydrogens (tertiary/aromatic N) is 2. The molecule has 3 rings (SSSR count). The smallest absolute Gasteiger partial charge is 0.283 e. The number of rotatable bonds is 6. The van der Waals surface area contributed by atoms with Crippen LogP contribution in [0, 0.1) is 10.1 Å². The molecule has 0 saturated carbocycles. The molecule has 1 unspecified atom stereocenters. The van der Waals surface area contributed by atoms with Gasteiger partial charge in [0.25, 0.3) is 11.6 Å². The van der Waals surface area contributed by atoms with E-state index in [1.54, 1.807) is 0 Å². The number of piperidine rings is 1. The number of nitrogens with one attached hydrogen (secondary N) is 1. The van der Waals surface area contributed by atoms with E-state index in [2.05, 4.69) is 22.3 Å². The van der Waals surface area contributed by atoms with E-state index < -0.39 is 10.8 Å². The van der Waals surface area contributed by atoms with Crippen molar-refractivity contribution in [2.24, 2.45) is 0 Å². The maximum Gasteiger partial charge on any atom is 0.283 e. The summed E-state index contributed by atoms with van der Waals surface area (Å²) in [5.41, 5.74) is 1.00. The first-order valence-corrected chi connectivity index (χ1v) is 9.42. The zero-order chi connectivity index (χ0) is 19.2. The quantitative estimate of drug-likeness (QED) is 0.599. The predicted octanol–water partition coefficient (Wildman–Crippen LogP) is 4.03. The molecule has 0 aromatic heterocycles. The second-order valence-electron chi connectivity index (χ2n) is 6.73. The van der Waals surface area contributed by atoms with Crippen LogP contribution in [0.2, 0.25) is 5.02 Å². The zero-order valence-corrected chi connectivity index (χ0v) is 15.7. The number of likely N-dealkylation sites (tertiary alicyclic amines) is 1. The number of hydrogen-bond donors (Lipinski definition) is 1. The fraction of sp³-hybridized carbons (Fsp3) is 0.350. The maximum atomic E-state index is 12.5. The molecule has 1 N–H and O–H groups in total. The Labute approximate surface area is 163 Å². The van der Waals surface area contributed by atoms with Crippen molar-refractivity contribution in [1.82, 2.24) is 10.2 Å². The van der Waals surface area contributed by atoms with Crippen molar-refractivity contribution >= 4 is 23.2 Å². The first-order valence-electron chi connectivity index (χ1n) is 9.04. The average molecular weight is 388 g/mol. The third-order valence-corrected chi connectivity index (χ3v) is 5.11. The summed E-state index contributed by atoms with van der Waals surface area (Å²) in [6.07, 6.45) is 3.25. The summed E-state index contributed by atoms with van der Waals surface area (Å²) in [4.78, 5) is 25.5. The topological polar surface area (TPSA) is 75.5 Å². The van der Waals surface area contributed by atoms with Crippen molar-refractivity contribution < 1.29 is 9.72 Å². The normalized spacial score (nSPS) is 17.4. The van der Waals surface area contributed by atoms with Crippen LogP contribution in [0.3, 0.4) is 0 Å². The molecule has 1 amide bonds. The van der Waals surface area contributed by atoms with Gasteiger partial charge in [0.05, 0.1) is 4.92 Å². The summed E-state index contributed by atoms with van der Waals surface area (Å²) in [5, 5.41) is 14.3. The molecule has 27 heavy (non-hydrogen) atoms. The summed E-state index contributed by atoms with van der Waals surface area (Å²) >= 11 is 5.82. The van der Waals surface area contributed by atoms with Crippen LogP contribution in [-0.2, 0) is 6.54 Å². The summed E-state index contributed by atoms with van der Waals surface area (Å²) in [6, 6.07) is 14.6. The van der Waals surface area contributed by atoms with Crippen LogP contribution in [0.5, 0.6) is 0 Å². The molecule has 0 aliphatic carbocycles. The van der Waals surface area contributed by atoms with Gasteiger partial charge in [-0.3, -0.25) is 19.8 Å². The lowest BCUT2D eigenvalue weighted by atomic mass is 10.0. The molecule has 142 valence electrons. The molecule has 2 aromatic carbocycles. The number of hydrogen-bond acceptors (Lipinski definition) is 4. The molecule has 1 heterocycles. The zero-order valence-electron chi connectivity index (χ0n) is 14.9. The molecule has 7 heteroatoms. The van der Waals surface area contributed by atoms with E-state index in [9.17, 15) is 14.9 Å². The van der Waals surface area contributed by atoms with Crippen molar-refractivity contribution in [3.63, 3.8) is 0 Å². The molecular formula is C20H22ClN3O3. The van der Waals surface area contributed by atoms with Gasteiger partial charge in [0.1, 0.15) is 5.56 Å². The lowest BCUT2D eigenvalue weighted by Gasteiger charge is -2.35. The molecular weight excluding hydrogens is 366 g/mol. The number of benzene rings is 2. The van der Waals surface area contributed by atoms with E-state index in [4.69, 9.17) is 11.6 Å². The Morgan fingerprint density at radius 2 is 2.00 bits per heavy atom. The van der Waals surface area contributed by atoms with Gasteiger partial charge in [-0.2, -0.15) is 0 Å². The van der Waals surface area contributed by atoms with E-state index in [0.717, 1.165) is 32.4 Å². The van der Waals surface area contributed by atoms with Crippen LogP contribution in [0.15, 0.2) is 48.5 Å². The fourth-order valence-corrected chi connectivity index (χ4v) is 3.64. The minimum Gasteiger partial charge on any atom is -0.350 e. The van der Waals surface area contributed by atoms with Gasteiger partial charge in [-0.25, -0.2) is 0 Å². The molecule has 0 radical (unpaired) electrons. The number of halogens is 1. The highest BCUT2D eigenvalue weighted by Crippen LogP contribution is 2.24. The largest absolute Gasteiger partial charge is 0.350 e. The van der Waals surface area contributed by atoms with E-state index in [1.165, 1.54) is 23.8 Å². The van der Waals surface area contributed by atoms with E-state index in [1.807, 2.05) is 18.2 Å². The third-order valence-electron chi connectivity index (χ3n) is 4.88. The Bertz CT molecular complexity index is 813. The maximum absolute atomic E-state index is 12.5. The van der Waals surface area contributed by atoms with Crippen LogP contribution in [0.4, 0.5) is 5.69 Å². The number of carbonyl (C=O) groups excluding carboxylic acids is 1. The number of nitro groups is 1. The molecule has 1 aliphatic rings. The highest BCUT2D eigenvalue weighted by molar-refractivity contribution is 6.31. The summed E-state index contributed by atoms with van der Waals surface area (Å²) < 4.78 is 0. The van der Waals surface area contributed by atoms with Crippen molar-refractivity contribution in [2.45, 2.75) is 31.8 Å². The summed E-state index contributed by atoms with van der Waals surface area (Å²) in [5.74, 6) is -0.441. The SMILES string of the molecule is O=C(NCC1CCCCN1Cc1ccccc1)c1ccc(Cl)cc1[N+](=O)[O-]. The standard InChI is InChI=1S/C20H22ClN3O3/c21-16-9-10-18(19(12-16)24(26)27)20(25)22-13-17-8-4-5-11-23(17)14-15-6-2-1-3-7-15/h1-3,6-7,9-10,12,17H,4-5,8,11,13-14H2,(H,22,25). The first kappa shape index (κ1) is 19.3. The van der Waals surface area contributed by atoms with Crippen LogP contribution in [0.1, 0.15) is 35.2 Å². The number of amides is 1. The Morgan fingerprint density at radius 1 is 1.22 bits per heavy atom. The molecule has 1 fully saturated rings. The highest BCUT2D eigenvalue weighted by Gasteiger charge is 2.25.